The third-order valence-electron chi connectivity index (χ3n) is 4.54. The van der Waals surface area contributed by atoms with Crippen LogP contribution in [0.3, 0.4) is 0 Å². The van der Waals surface area contributed by atoms with Crippen LogP contribution >= 0.6 is 0 Å². The van der Waals surface area contributed by atoms with E-state index in [9.17, 15) is 9.59 Å². The second-order valence-corrected chi connectivity index (χ2v) is 5.81. The number of amides is 2. The summed E-state index contributed by atoms with van der Waals surface area (Å²) in [6.07, 6.45) is 7.39. The van der Waals surface area contributed by atoms with Gasteiger partial charge in [-0.3, -0.25) is 9.59 Å². The predicted octanol–water partition coefficient (Wildman–Crippen LogP) is 0.372. The molecule has 1 atom stereocenters. The summed E-state index contributed by atoms with van der Waals surface area (Å²) in [5.74, 6) is -0.637. The number of rotatable bonds is 3. The Morgan fingerprint density at radius 2 is 1.67 bits per heavy atom. The number of hydrogen-bond donors (Lipinski definition) is 2. The molecule has 0 aromatic carbocycles. The fraction of sp³-hybridized carbons (Fsp3) is 0.846. The van der Waals surface area contributed by atoms with Gasteiger partial charge in [0.2, 0.25) is 11.8 Å². The highest BCUT2D eigenvalue weighted by Gasteiger charge is 2.38. The Morgan fingerprint density at radius 1 is 1.11 bits per heavy atom. The van der Waals surface area contributed by atoms with Gasteiger partial charge in [0.05, 0.1) is 12.5 Å². The molecule has 2 amide bonds. The summed E-state index contributed by atoms with van der Waals surface area (Å²) >= 11 is 0. The summed E-state index contributed by atoms with van der Waals surface area (Å²) < 4.78 is 0. The first kappa shape index (κ1) is 13.3. The maximum Gasteiger partial charge on any atom is 0.240 e. The van der Waals surface area contributed by atoms with Crippen molar-refractivity contribution in [2.75, 3.05) is 13.1 Å². The third-order valence-corrected chi connectivity index (χ3v) is 4.54. The first-order valence-corrected chi connectivity index (χ1v) is 6.85. The van der Waals surface area contributed by atoms with E-state index >= 15 is 0 Å². The van der Waals surface area contributed by atoms with Crippen LogP contribution in [0.2, 0.25) is 0 Å². The fourth-order valence-electron chi connectivity index (χ4n) is 3.37. The zero-order valence-corrected chi connectivity index (χ0v) is 10.9. The number of nitrogens with two attached hydrogens (primary N) is 2. The monoisotopic (exact) mass is 253 g/mol. The molecule has 0 aromatic rings. The lowest BCUT2D eigenvalue weighted by Gasteiger charge is -2.40. The highest BCUT2D eigenvalue weighted by molar-refractivity contribution is 5.87. The number of piperidine rings is 1. The van der Waals surface area contributed by atoms with Gasteiger partial charge < -0.3 is 16.4 Å². The van der Waals surface area contributed by atoms with Gasteiger partial charge in [-0.05, 0) is 31.1 Å². The lowest BCUT2D eigenvalue weighted by molar-refractivity contribution is -0.136. The van der Waals surface area contributed by atoms with Crippen LogP contribution < -0.4 is 11.5 Å². The maximum absolute atomic E-state index is 12.0. The van der Waals surface area contributed by atoms with Gasteiger partial charge in [-0.1, -0.05) is 12.8 Å². The number of hydrogen-bond acceptors (Lipinski definition) is 3. The smallest absolute Gasteiger partial charge is 0.240 e. The minimum atomic E-state index is -0.764. The van der Waals surface area contributed by atoms with Crippen LogP contribution in [0.1, 0.15) is 44.9 Å². The molecule has 1 saturated heterocycles. The molecule has 2 aliphatic rings. The summed E-state index contributed by atoms with van der Waals surface area (Å²) in [5, 5.41) is 0. The average Bonchev–Trinajstić information content (AvgIpc) is 2.77. The predicted molar refractivity (Wildman–Crippen MR) is 68.5 cm³/mol. The number of nitrogens with zero attached hydrogens (tertiary/aromatic N) is 1. The highest BCUT2D eigenvalue weighted by Crippen LogP contribution is 2.46. The first-order valence-electron chi connectivity index (χ1n) is 6.85. The van der Waals surface area contributed by atoms with Gasteiger partial charge in [-0.25, -0.2) is 0 Å². The van der Waals surface area contributed by atoms with Crippen LogP contribution in [0.5, 0.6) is 0 Å². The van der Waals surface area contributed by atoms with E-state index in [1.807, 2.05) is 0 Å². The van der Waals surface area contributed by atoms with E-state index in [0.717, 1.165) is 25.9 Å². The molecular weight excluding hydrogens is 230 g/mol. The lowest BCUT2D eigenvalue weighted by Crippen LogP contribution is -2.50. The Hall–Kier alpha value is -1.10. The standard InChI is InChI=1S/C13H23N3O2/c14-10(9-11(15)17)12(18)16-7-5-13(6-8-16)3-1-2-4-13/h10H,1-9,14H2,(H2,15,17). The van der Waals surface area contributed by atoms with Crippen molar-refractivity contribution >= 4 is 11.8 Å². The molecule has 1 spiro atoms. The zero-order valence-electron chi connectivity index (χ0n) is 10.9. The zero-order chi connectivity index (χ0) is 13.2. The van der Waals surface area contributed by atoms with Gasteiger partial charge in [0, 0.05) is 13.1 Å². The van der Waals surface area contributed by atoms with Crippen LogP contribution in [-0.2, 0) is 9.59 Å². The molecule has 1 unspecified atom stereocenters. The van der Waals surface area contributed by atoms with Crippen LogP contribution in [0.15, 0.2) is 0 Å². The van der Waals surface area contributed by atoms with Gasteiger partial charge in [0.25, 0.3) is 0 Å². The van der Waals surface area contributed by atoms with Crippen LogP contribution in [-0.4, -0.2) is 35.8 Å². The molecule has 1 aliphatic heterocycles. The van der Waals surface area contributed by atoms with E-state index in [2.05, 4.69) is 0 Å². The molecule has 5 heteroatoms. The average molecular weight is 253 g/mol. The molecule has 5 nitrogen and oxygen atoms in total. The maximum atomic E-state index is 12.0. The van der Waals surface area contributed by atoms with Crippen molar-refractivity contribution in [3.63, 3.8) is 0 Å². The normalized spacial score (nSPS) is 24.2. The van der Waals surface area contributed by atoms with E-state index < -0.39 is 11.9 Å². The molecule has 1 aliphatic carbocycles. The van der Waals surface area contributed by atoms with Gasteiger partial charge in [-0.15, -0.1) is 0 Å². The largest absolute Gasteiger partial charge is 0.370 e. The minimum absolute atomic E-state index is 0.0551. The van der Waals surface area contributed by atoms with Crippen molar-refractivity contribution in [3.05, 3.63) is 0 Å². The van der Waals surface area contributed by atoms with E-state index in [-0.39, 0.29) is 12.3 Å². The molecular formula is C13H23N3O2. The second-order valence-electron chi connectivity index (χ2n) is 5.81. The lowest BCUT2D eigenvalue weighted by atomic mass is 9.77. The Bertz CT molecular complexity index is 327. The second kappa shape index (κ2) is 5.26. The molecule has 1 saturated carbocycles. The Morgan fingerprint density at radius 3 is 2.17 bits per heavy atom. The van der Waals surface area contributed by atoms with Gasteiger partial charge in [0.15, 0.2) is 0 Å². The van der Waals surface area contributed by atoms with Gasteiger partial charge >= 0.3 is 0 Å². The molecule has 18 heavy (non-hydrogen) atoms. The molecule has 4 N–H and O–H groups in total. The van der Waals surface area contributed by atoms with Crippen molar-refractivity contribution in [3.8, 4) is 0 Å². The molecule has 102 valence electrons. The summed E-state index contributed by atoms with van der Waals surface area (Å²) in [5.41, 5.74) is 11.3. The van der Waals surface area contributed by atoms with E-state index in [1.165, 1.54) is 25.7 Å². The van der Waals surface area contributed by atoms with Gasteiger partial charge in [-0.2, -0.15) is 0 Å². The molecule has 0 radical (unpaired) electrons. The third kappa shape index (κ3) is 2.83. The number of carbonyl (C=O) groups excluding carboxylic acids is 2. The van der Waals surface area contributed by atoms with Gasteiger partial charge in [0.1, 0.15) is 0 Å². The Kier molecular flexibility index (Phi) is 3.90. The molecule has 0 bridgehead atoms. The summed E-state index contributed by atoms with van der Waals surface area (Å²) in [4.78, 5) is 24.6. The quantitative estimate of drug-likeness (QED) is 0.761. The minimum Gasteiger partial charge on any atom is -0.370 e. The molecule has 2 fully saturated rings. The molecule has 2 rings (SSSR count). The highest BCUT2D eigenvalue weighted by atomic mass is 16.2. The topological polar surface area (TPSA) is 89.4 Å². The van der Waals surface area contributed by atoms with Crippen molar-refractivity contribution in [1.29, 1.82) is 0 Å². The van der Waals surface area contributed by atoms with Crippen LogP contribution in [0.25, 0.3) is 0 Å². The Labute approximate surface area is 108 Å². The summed E-state index contributed by atoms with van der Waals surface area (Å²) in [6.45, 7) is 1.57. The van der Waals surface area contributed by atoms with Crippen molar-refractivity contribution in [2.45, 2.75) is 51.0 Å². The van der Waals surface area contributed by atoms with E-state index in [1.54, 1.807) is 4.90 Å². The van der Waals surface area contributed by atoms with Crippen molar-refractivity contribution in [1.82, 2.24) is 4.90 Å². The Balaban J connectivity index is 1.85. The fourth-order valence-corrected chi connectivity index (χ4v) is 3.37. The van der Waals surface area contributed by atoms with Crippen molar-refractivity contribution < 1.29 is 9.59 Å². The van der Waals surface area contributed by atoms with Crippen LogP contribution in [0.4, 0.5) is 0 Å². The summed E-state index contributed by atoms with van der Waals surface area (Å²) in [7, 11) is 0. The SMILES string of the molecule is NC(=O)CC(N)C(=O)N1CCC2(CCCC2)CC1. The molecule has 0 aromatic heterocycles. The molecule has 1 heterocycles. The van der Waals surface area contributed by atoms with Crippen molar-refractivity contribution in [2.24, 2.45) is 16.9 Å². The summed E-state index contributed by atoms with van der Waals surface area (Å²) in [6, 6.07) is -0.764. The number of likely N-dealkylation sites (tertiary alicyclic amines) is 1. The number of carbonyl (C=O) groups is 2. The first-order chi connectivity index (χ1) is 8.52. The van der Waals surface area contributed by atoms with Crippen LogP contribution in [0, 0.1) is 5.41 Å². The van der Waals surface area contributed by atoms with E-state index in [0.29, 0.717) is 5.41 Å². The number of primary amides is 1. The van der Waals surface area contributed by atoms with E-state index in [4.69, 9.17) is 11.5 Å².